The largest absolute Gasteiger partial charge is 0.493 e. The summed E-state index contributed by atoms with van der Waals surface area (Å²) < 4.78 is 48.0. The summed E-state index contributed by atoms with van der Waals surface area (Å²) >= 11 is 5.77. The van der Waals surface area contributed by atoms with Gasteiger partial charge in [-0.3, -0.25) is 5.43 Å². The van der Waals surface area contributed by atoms with E-state index in [9.17, 15) is 13.2 Å². The lowest BCUT2D eigenvalue weighted by atomic mass is 10.2. The van der Waals surface area contributed by atoms with E-state index in [2.05, 4.69) is 15.5 Å². The van der Waals surface area contributed by atoms with Crippen molar-refractivity contribution in [3.8, 4) is 17.6 Å². The summed E-state index contributed by atoms with van der Waals surface area (Å²) in [7, 11) is 1.44. The standard InChI is InChI=1S/C16H12ClF3N4O2/c1-25-14-6-10(2-3-13(14)26-5-4-21)8-23-24-15-12(17)7-11(9-22-15)16(18,19)20/h2-3,6-9H,5H2,1H3,(H,22,24)/b23-8-. The minimum atomic E-state index is -4.52. The van der Waals surface area contributed by atoms with Crippen LogP contribution in [0.3, 0.4) is 0 Å². The molecule has 0 saturated heterocycles. The molecule has 1 aromatic carbocycles. The van der Waals surface area contributed by atoms with Crippen molar-refractivity contribution in [2.45, 2.75) is 6.18 Å². The Bertz CT molecular complexity index is 850. The Morgan fingerprint density at radius 2 is 2.12 bits per heavy atom. The average Bonchev–Trinajstić information content (AvgIpc) is 2.60. The van der Waals surface area contributed by atoms with Crippen LogP contribution in [0.5, 0.6) is 11.5 Å². The van der Waals surface area contributed by atoms with Gasteiger partial charge in [-0.2, -0.15) is 23.5 Å². The van der Waals surface area contributed by atoms with E-state index in [-0.39, 0.29) is 17.4 Å². The van der Waals surface area contributed by atoms with Crippen LogP contribution in [0.1, 0.15) is 11.1 Å². The van der Waals surface area contributed by atoms with Gasteiger partial charge in [0.25, 0.3) is 0 Å². The van der Waals surface area contributed by atoms with Gasteiger partial charge in [0.2, 0.25) is 0 Å². The Balaban J connectivity index is 2.10. The second kappa shape index (κ2) is 8.40. The summed E-state index contributed by atoms with van der Waals surface area (Å²) in [6.45, 7) is -0.122. The molecular weight excluding hydrogens is 373 g/mol. The number of methoxy groups -OCH3 is 1. The third kappa shape index (κ3) is 5.00. The number of hydrogen-bond acceptors (Lipinski definition) is 6. The first kappa shape index (κ1) is 19.3. The lowest BCUT2D eigenvalue weighted by Crippen LogP contribution is -2.06. The molecule has 10 heteroatoms. The molecule has 0 unspecified atom stereocenters. The van der Waals surface area contributed by atoms with E-state index in [0.29, 0.717) is 23.3 Å². The van der Waals surface area contributed by atoms with Crippen molar-refractivity contribution in [1.29, 1.82) is 5.26 Å². The first-order chi connectivity index (χ1) is 12.3. The van der Waals surface area contributed by atoms with E-state index in [1.165, 1.54) is 13.3 Å². The fraction of sp³-hybridized carbons (Fsp3) is 0.188. The van der Waals surface area contributed by atoms with Crippen molar-refractivity contribution in [3.63, 3.8) is 0 Å². The van der Waals surface area contributed by atoms with Crippen LogP contribution in [0.2, 0.25) is 5.02 Å². The van der Waals surface area contributed by atoms with Gasteiger partial charge in [-0.25, -0.2) is 4.98 Å². The van der Waals surface area contributed by atoms with Crippen LogP contribution >= 0.6 is 11.6 Å². The highest BCUT2D eigenvalue weighted by Gasteiger charge is 2.31. The number of aromatic nitrogens is 1. The SMILES string of the molecule is COc1cc(/C=N\Nc2ncc(C(F)(F)F)cc2Cl)ccc1OCC#N. The third-order valence-corrected chi connectivity index (χ3v) is 3.32. The summed E-state index contributed by atoms with van der Waals surface area (Å²) in [6, 6.07) is 7.47. The predicted molar refractivity (Wildman–Crippen MR) is 89.6 cm³/mol. The highest BCUT2D eigenvalue weighted by atomic mass is 35.5. The molecule has 2 rings (SSSR count). The maximum Gasteiger partial charge on any atom is 0.417 e. The number of nitrogens with zero attached hydrogens (tertiary/aromatic N) is 3. The number of alkyl halides is 3. The Kier molecular flexibility index (Phi) is 6.25. The molecule has 6 nitrogen and oxygen atoms in total. The Hall–Kier alpha value is -2.99. The molecule has 0 atom stereocenters. The topological polar surface area (TPSA) is 79.5 Å². The van der Waals surface area contributed by atoms with E-state index < -0.39 is 11.7 Å². The number of benzene rings is 1. The molecule has 1 N–H and O–H groups in total. The molecule has 0 aliphatic rings. The van der Waals surface area contributed by atoms with Gasteiger partial charge in [-0.1, -0.05) is 11.6 Å². The highest BCUT2D eigenvalue weighted by Crippen LogP contribution is 2.32. The number of ether oxygens (including phenoxy) is 2. The molecule has 2 aromatic rings. The molecule has 0 radical (unpaired) electrons. The zero-order valence-corrected chi connectivity index (χ0v) is 14.1. The van der Waals surface area contributed by atoms with Crippen LogP contribution in [0.4, 0.5) is 19.0 Å². The molecule has 0 aliphatic heterocycles. The number of hydrazone groups is 1. The third-order valence-electron chi connectivity index (χ3n) is 3.03. The molecular formula is C16H12ClF3N4O2. The molecule has 1 aromatic heterocycles. The molecule has 0 aliphatic carbocycles. The summed E-state index contributed by atoms with van der Waals surface area (Å²) in [5.74, 6) is 0.776. The van der Waals surface area contributed by atoms with Gasteiger partial charge in [0.1, 0.15) is 6.07 Å². The van der Waals surface area contributed by atoms with Crippen molar-refractivity contribution in [2.24, 2.45) is 5.10 Å². The van der Waals surface area contributed by atoms with Gasteiger partial charge in [0, 0.05) is 6.20 Å². The van der Waals surface area contributed by atoms with Crippen molar-refractivity contribution in [3.05, 3.63) is 46.6 Å². The van der Waals surface area contributed by atoms with Crippen LogP contribution in [0, 0.1) is 11.3 Å². The van der Waals surface area contributed by atoms with Crippen LogP contribution in [0.25, 0.3) is 0 Å². The van der Waals surface area contributed by atoms with Gasteiger partial charge in [0.15, 0.2) is 23.9 Å². The highest BCUT2D eigenvalue weighted by molar-refractivity contribution is 6.32. The summed E-state index contributed by atoms with van der Waals surface area (Å²) in [6.07, 6.45) is -2.47. The zero-order valence-electron chi connectivity index (χ0n) is 13.3. The Morgan fingerprint density at radius 1 is 1.35 bits per heavy atom. The van der Waals surface area contributed by atoms with Crippen LogP contribution in [0.15, 0.2) is 35.6 Å². The summed E-state index contributed by atoms with van der Waals surface area (Å²) in [5.41, 5.74) is 2.13. The summed E-state index contributed by atoms with van der Waals surface area (Å²) in [5, 5.41) is 12.2. The fourth-order valence-electron chi connectivity index (χ4n) is 1.84. The summed E-state index contributed by atoms with van der Waals surface area (Å²) in [4.78, 5) is 3.61. The van der Waals surface area contributed by atoms with Crippen LogP contribution < -0.4 is 14.9 Å². The van der Waals surface area contributed by atoms with Crippen molar-refractivity contribution >= 4 is 23.6 Å². The maximum atomic E-state index is 12.6. The van der Waals surface area contributed by atoms with Gasteiger partial charge >= 0.3 is 6.18 Å². The molecule has 0 fully saturated rings. The number of nitriles is 1. The number of nitrogens with one attached hydrogen (secondary N) is 1. The second-order valence-corrected chi connectivity index (χ2v) is 5.19. The molecule has 0 saturated carbocycles. The Morgan fingerprint density at radius 3 is 2.73 bits per heavy atom. The van der Waals surface area contributed by atoms with E-state index in [4.69, 9.17) is 26.3 Å². The lowest BCUT2D eigenvalue weighted by molar-refractivity contribution is -0.137. The van der Waals surface area contributed by atoms with Gasteiger partial charge in [0.05, 0.1) is 23.9 Å². The number of anilines is 1. The van der Waals surface area contributed by atoms with Crippen LogP contribution in [-0.4, -0.2) is 24.9 Å². The maximum absolute atomic E-state index is 12.6. The normalized spacial score (nSPS) is 11.2. The predicted octanol–water partition coefficient (Wildman–Crippen LogP) is 4.11. The van der Waals surface area contributed by atoms with Gasteiger partial charge in [-0.05, 0) is 29.8 Å². The number of hydrogen-bond donors (Lipinski definition) is 1. The lowest BCUT2D eigenvalue weighted by Gasteiger charge is -2.09. The number of halogens is 4. The monoisotopic (exact) mass is 384 g/mol. The zero-order chi connectivity index (χ0) is 19.2. The minimum absolute atomic E-state index is 0.0168. The molecule has 26 heavy (non-hydrogen) atoms. The molecule has 136 valence electrons. The van der Waals surface area contributed by atoms with Crippen molar-refractivity contribution < 1.29 is 22.6 Å². The minimum Gasteiger partial charge on any atom is -0.493 e. The quantitative estimate of drug-likeness (QED) is 0.599. The smallest absolute Gasteiger partial charge is 0.417 e. The number of rotatable bonds is 6. The van der Waals surface area contributed by atoms with Gasteiger partial charge in [-0.15, -0.1) is 0 Å². The Labute approximate surface area is 151 Å². The first-order valence-electron chi connectivity index (χ1n) is 7.04. The first-order valence-corrected chi connectivity index (χ1v) is 7.42. The number of pyridine rings is 1. The van der Waals surface area contributed by atoms with E-state index >= 15 is 0 Å². The fourth-order valence-corrected chi connectivity index (χ4v) is 2.05. The van der Waals surface area contributed by atoms with E-state index in [1.54, 1.807) is 18.2 Å². The van der Waals surface area contributed by atoms with Gasteiger partial charge < -0.3 is 9.47 Å². The molecule has 0 amide bonds. The van der Waals surface area contributed by atoms with E-state index in [0.717, 1.165) is 6.07 Å². The van der Waals surface area contributed by atoms with Crippen molar-refractivity contribution in [1.82, 2.24) is 4.98 Å². The van der Waals surface area contributed by atoms with E-state index in [1.807, 2.05) is 6.07 Å². The second-order valence-electron chi connectivity index (χ2n) is 4.78. The average molecular weight is 385 g/mol. The molecule has 0 bridgehead atoms. The van der Waals surface area contributed by atoms with Crippen molar-refractivity contribution in [2.75, 3.05) is 19.1 Å². The van der Waals surface area contributed by atoms with Crippen LogP contribution in [-0.2, 0) is 6.18 Å². The molecule has 0 spiro atoms. The molecule has 1 heterocycles.